The van der Waals surface area contributed by atoms with Gasteiger partial charge in [0.25, 0.3) is 0 Å². The molecule has 1 aromatic heterocycles. The van der Waals surface area contributed by atoms with Gasteiger partial charge in [-0.05, 0) is 30.7 Å². The van der Waals surface area contributed by atoms with Gasteiger partial charge in [-0.1, -0.05) is 41.6 Å². The van der Waals surface area contributed by atoms with Crippen LogP contribution in [0, 0.1) is 0 Å². The summed E-state index contributed by atoms with van der Waals surface area (Å²) in [5.41, 5.74) is 1.91. The highest BCUT2D eigenvalue weighted by Gasteiger charge is 2.19. The van der Waals surface area contributed by atoms with Crippen molar-refractivity contribution in [3.8, 4) is 28.6 Å². The molecule has 0 spiro atoms. The first-order valence-electron chi connectivity index (χ1n) is 8.72. The number of methoxy groups -OCH3 is 3. The lowest BCUT2D eigenvalue weighted by atomic mass is 10.1. The minimum atomic E-state index is 0.546. The Bertz CT molecular complexity index is 937. The summed E-state index contributed by atoms with van der Waals surface area (Å²) in [5, 5.41) is 10.4. The van der Waals surface area contributed by atoms with Gasteiger partial charge < -0.3 is 18.8 Å². The Morgan fingerprint density at radius 3 is 2.25 bits per heavy atom. The zero-order valence-corrected chi connectivity index (χ0v) is 17.8. The van der Waals surface area contributed by atoms with E-state index in [1.54, 1.807) is 33.1 Å². The number of thioether (sulfide) groups is 1. The van der Waals surface area contributed by atoms with Gasteiger partial charge in [0.2, 0.25) is 5.75 Å². The molecule has 0 amide bonds. The number of halogens is 1. The van der Waals surface area contributed by atoms with Gasteiger partial charge >= 0.3 is 0 Å². The Labute approximate surface area is 173 Å². The van der Waals surface area contributed by atoms with Crippen molar-refractivity contribution in [2.24, 2.45) is 0 Å². The second kappa shape index (κ2) is 9.21. The number of benzene rings is 2. The van der Waals surface area contributed by atoms with Crippen molar-refractivity contribution in [1.82, 2.24) is 14.8 Å². The van der Waals surface area contributed by atoms with Crippen LogP contribution in [0.2, 0.25) is 5.02 Å². The number of rotatable bonds is 8. The van der Waals surface area contributed by atoms with Crippen molar-refractivity contribution >= 4 is 23.4 Å². The highest BCUT2D eigenvalue weighted by molar-refractivity contribution is 7.98. The van der Waals surface area contributed by atoms with Gasteiger partial charge in [-0.25, -0.2) is 0 Å². The molecule has 0 aliphatic carbocycles. The first-order chi connectivity index (χ1) is 13.6. The molecular formula is C20H22ClN3O3S. The van der Waals surface area contributed by atoms with Crippen LogP contribution in [0.1, 0.15) is 12.5 Å². The van der Waals surface area contributed by atoms with Crippen molar-refractivity contribution in [2.45, 2.75) is 24.4 Å². The second-order valence-electron chi connectivity index (χ2n) is 5.84. The normalized spacial score (nSPS) is 10.8. The van der Waals surface area contributed by atoms with E-state index < -0.39 is 0 Å². The number of hydrogen-bond acceptors (Lipinski definition) is 6. The minimum Gasteiger partial charge on any atom is -0.493 e. The second-order valence-corrected chi connectivity index (χ2v) is 7.19. The molecule has 0 saturated carbocycles. The largest absolute Gasteiger partial charge is 0.493 e. The molecule has 0 saturated heterocycles. The molecule has 0 radical (unpaired) electrons. The first kappa shape index (κ1) is 20.4. The zero-order valence-electron chi connectivity index (χ0n) is 16.2. The van der Waals surface area contributed by atoms with Gasteiger partial charge in [-0.3, -0.25) is 0 Å². The molecule has 8 heteroatoms. The fourth-order valence-corrected chi connectivity index (χ4v) is 4.15. The van der Waals surface area contributed by atoms with Crippen LogP contribution >= 0.6 is 23.4 Å². The van der Waals surface area contributed by atoms with Crippen molar-refractivity contribution in [3.63, 3.8) is 0 Å². The third kappa shape index (κ3) is 4.05. The van der Waals surface area contributed by atoms with Crippen molar-refractivity contribution in [2.75, 3.05) is 21.3 Å². The molecule has 0 N–H and O–H groups in total. The van der Waals surface area contributed by atoms with Crippen LogP contribution < -0.4 is 14.2 Å². The van der Waals surface area contributed by atoms with Crippen molar-refractivity contribution in [1.29, 1.82) is 0 Å². The molecule has 2 aromatic carbocycles. The van der Waals surface area contributed by atoms with Crippen LogP contribution in [0.4, 0.5) is 0 Å². The zero-order chi connectivity index (χ0) is 20.1. The highest BCUT2D eigenvalue weighted by Crippen LogP contribution is 2.41. The molecule has 28 heavy (non-hydrogen) atoms. The fraction of sp³-hybridized carbons (Fsp3) is 0.300. The molecule has 0 unspecified atom stereocenters. The Balaban J connectivity index is 1.95. The number of ether oxygens (including phenoxy) is 3. The summed E-state index contributed by atoms with van der Waals surface area (Å²) in [5.74, 6) is 3.15. The monoisotopic (exact) mass is 419 g/mol. The first-order valence-corrected chi connectivity index (χ1v) is 10.1. The van der Waals surface area contributed by atoms with E-state index in [0.717, 1.165) is 33.7 Å². The molecule has 1 heterocycles. The average molecular weight is 420 g/mol. The predicted octanol–water partition coefficient (Wildman–Crippen LogP) is 4.94. The van der Waals surface area contributed by atoms with E-state index in [1.165, 1.54) is 0 Å². The number of aromatic nitrogens is 3. The van der Waals surface area contributed by atoms with E-state index >= 15 is 0 Å². The lowest BCUT2D eigenvalue weighted by Gasteiger charge is -2.14. The van der Waals surface area contributed by atoms with Crippen LogP contribution in [-0.2, 0) is 12.3 Å². The third-order valence-corrected chi connectivity index (χ3v) is 5.65. The molecule has 3 rings (SSSR count). The van der Waals surface area contributed by atoms with Gasteiger partial charge in [-0.2, -0.15) is 0 Å². The molecule has 6 nitrogen and oxygen atoms in total. The van der Waals surface area contributed by atoms with E-state index in [-0.39, 0.29) is 0 Å². The lowest BCUT2D eigenvalue weighted by Crippen LogP contribution is -2.01. The van der Waals surface area contributed by atoms with E-state index in [0.29, 0.717) is 23.0 Å². The Morgan fingerprint density at radius 2 is 1.68 bits per heavy atom. The van der Waals surface area contributed by atoms with Crippen LogP contribution in [0.5, 0.6) is 17.2 Å². The summed E-state index contributed by atoms with van der Waals surface area (Å²) in [4.78, 5) is 0. The molecule has 148 valence electrons. The van der Waals surface area contributed by atoms with Gasteiger partial charge in [0.1, 0.15) is 0 Å². The van der Waals surface area contributed by atoms with Gasteiger partial charge in [0, 0.05) is 22.9 Å². The Hall–Kier alpha value is -2.38. The summed E-state index contributed by atoms with van der Waals surface area (Å²) in [6, 6.07) is 11.6. The molecule has 0 bridgehead atoms. The summed E-state index contributed by atoms with van der Waals surface area (Å²) >= 11 is 7.86. The van der Waals surface area contributed by atoms with Crippen LogP contribution in [0.15, 0.2) is 41.6 Å². The topological polar surface area (TPSA) is 58.4 Å². The quantitative estimate of drug-likeness (QED) is 0.482. The summed E-state index contributed by atoms with van der Waals surface area (Å²) in [6.45, 7) is 2.79. The average Bonchev–Trinajstić information content (AvgIpc) is 3.14. The standard InChI is InChI=1S/C20H22ClN3O3S/c1-5-24-19(14-10-16(25-2)18(27-4)17(11-14)26-3)22-23-20(24)28-12-13-8-6-7-9-15(13)21/h6-11H,5,12H2,1-4H3. The predicted molar refractivity (Wildman–Crippen MR) is 112 cm³/mol. The van der Waals surface area contributed by atoms with Crippen molar-refractivity contribution < 1.29 is 14.2 Å². The van der Waals surface area contributed by atoms with E-state index in [9.17, 15) is 0 Å². The molecule has 0 aliphatic heterocycles. The maximum Gasteiger partial charge on any atom is 0.203 e. The van der Waals surface area contributed by atoms with E-state index in [2.05, 4.69) is 21.7 Å². The number of nitrogens with zero attached hydrogens (tertiary/aromatic N) is 3. The van der Waals surface area contributed by atoms with Gasteiger partial charge in [0.05, 0.1) is 21.3 Å². The van der Waals surface area contributed by atoms with Gasteiger partial charge in [-0.15, -0.1) is 10.2 Å². The molecule has 3 aromatic rings. The fourth-order valence-electron chi connectivity index (χ4n) is 2.86. The minimum absolute atomic E-state index is 0.546. The van der Waals surface area contributed by atoms with Gasteiger partial charge in [0.15, 0.2) is 22.5 Å². The molecule has 0 aliphatic rings. The molecule has 0 fully saturated rings. The maximum atomic E-state index is 6.26. The summed E-state index contributed by atoms with van der Waals surface area (Å²) in [7, 11) is 4.77. The molecule has 0 atom stereocenters. The van der Waals surface area contributed by atoms with Crippen LogP contribution in [-0.4, -0.2) is 36.1 Å². The SMILES string of the molecule is CCn1c(SCc2ccccc2Cl)nnc1-c1cc(OC)c(OC)c(OC)c1. The number of hydrogen-bond donors (Lipinski definition) is 0. The van der Waals surface area contributed by atoms with E-state index in [4.69, 9.17) is 25.8 Å². The van der Waals surface area contributed by atoms with Crippen molar-refractivity contribution in [3.05, 3.63) is 47.0 Å². The smallest absolute Gasteiger partial charge is 0.203 e. The summed E-state index contributed by atoms with van der Waals surface area (Å²) < 4.78 is 18.4. The Kier molecular flexibility index (Phi) is 6.70. The molecular weight excluding hydrogens is 398 g/mol. The lowest BCUT2D eigenvalue weighted by molar-refractivity contribution is 0.324. The van der Waals surface area contributed by atoms with E-state index in [1.807, 2.05) is 36.4 Å². The highest BCUT2D eigenvalue weighted by atomic mass is 35.5. The third-order valence-electron chi connectivity index (χ3n) is 4.27. The van der Waals surface area contributed by atoms with Crippen LogP contribution in [0.25, 0.3) is 11.4 Å². The summed E-state index contributed by atoms with van der Waals surface area (Å²) in [6.07, 6.45) is 0. The maximum absolute atomic E-state index is 6.26. The Morgan fingerprint density at radius 1 is 1.00 bits per heavy atom. The van der Waals surface area contributed by atoms with Crippen LogP contribution in [0.3, 0.4) is 0 Å².